The van der Waals surface area contributed by atoms with Gasteiger partial charge in [-0.3, -0.25) is 9.36 Å². The summed E-state index contributed by atoms with van der Waals surface area (Å²) in [6.07, 6.45) is 2.03. The molecule has 2 aromatic rings. The number of aliphatic hydroxyl groups excluding tert-OH is 1. The standard InChI is InChI=1S/C8H12N2O3.C8H10N2O2.Na.H2O/c1-10-7(8(12)13-2)5-6(9-10)3-4-11;1-4-6-5-7(8(11)12-3)10(2)9-6;;/h5,11H,3-4H2,1-2H3;4-5H,1H2,2-3H3;;1H2/q;;+1;/p-1. The van der Waals surface area contributed by atoms with Gasteiger partial charge in [0.05, 0.1) is 25.6 Å². The molecule has 11 heteroatoms. The Morgan fingerprint density at radius 3 is 2.00 bits per heavy atom. The van der Waals surface area contributed by atoms with Crippen LogP contribution in [0.1, 0.15) is 32.4 Å². The fourth-order valence-electron chi connectivity index (χ4n) is 1.94. The van der Waals surface area contributed by atoms with E-state index in [-0.39, 0.29) is 41.6 Å². The number of aliphatic hydroxyl groups is 1. The topological polar surface area (TPSA) is 138 Å². The second kappa shape index (κ2) is 13.2. The molecule has 0 amide bonds. The minimum absolute atomic E-state index is 0. The minimum atomic E-state index is -0.417. The number of nitrogens with zero attached hydrogens (tertiary/aromatic N) is 4. The molecule has 2 aromatic heterocycles. The van der Waals surface area contributed by atoms with Crippen LogP contribution in [0.25, 0.3) is 6.08 Å². The van der Waals surface area contributed by atoms with Crippen LogP contribution in [-0.4, -0.2) is 62.9 Å². The summed E-state index contributed by atoms with van der Waals surface area (Å²) in [5, 5.41) is 16.7. The van der Waals surface area contributed by atoms with Crippen molar-refractivity contribution in [2.45, 2.75) is 6.42 Å². The molecule has 0 aliphatic heterocycles. The summed E-state index contributed by atoms with van der Waals surface area (Å²) >= 11 is 0. The SMILES string of the molecule is C=Cc1cc(C(=O)OC)n(C)n1.COC(=O)c1cc(CCO)nn1C.[Na+].[OH-]. The largest absolute Gasteiger partial charge is 1.00 e. The molecule has 2 heterocycles. The van der Waals surface area contributed by atoms with Gasteiger partial charge in [-0.15, -0.1) is 0 Å². The zero-order valence-electron chi connectivity index (χ0n) is 16.2. The first kappa shape index (κ1) is 27.2. The summed E-state index contributed by atoms with van der Waals surface area (Å²) in [4.78, 5) is 22.2. The van der Waals surface area contributed by atoms with Gasteiger partial charge in [-0.25, -0.2) is 9.59 Å². The number of carbonyl (C=O) groups is 2. The summed E-state index contributed by atoms with van der Waals surface area (Å²) in [6, 6.07) is 3.24. The molecule has 0 atom stereocenters. The molecule has 144 valence electrons. The molecule has 0 saturated carbocycles. The Bertz CT molecular complexity index is 756. The van der Waals surface area contributed by atoms with Gasteiger partial charge in [0, 0.05) is 27.1 Å². The molecule has 0 spiro atoms. The summed E-state index contributed by atoms with van der Waals surface area (Å²) in [5.74, 6) is -0.808. The number of carbonyl (C=O) groups excluding carboxylic acids is 2. The molecule has 0 aliphatic carbocycles. The molecule has 0 radical (unpaired) electrons. The molecule has 0 aromatic carbocycles. The van der Waals surface area contributed by atoms with E-state index in [1.165, 1.54) is 23.6 Å². The first-order valence-corrected chi connectivity index (χ1v) is 7.34. The van der Waals surface area contributed by atoms with Crippen molar-refractivity contribution in [3.05, 3.63) is 41.5 Å². The molecule has 0 bridgehead atoms. The van der Waals surface area contributed by atoms with Crippen LogP contribution in [0.3, 0.4) is 0 Å². The smallest absolute Gasteiger partial charge is 0.870 e. The maximum atomic E-state index is 11.1. The minimum Gasteiger partial charge on any atom is -0.870 e. The quantitative estimate of drug-likeness (QED) is 0.434. The van der Waals surface area contributed by atoms with E-state index in [2.05, 4.69) is 26.3 Å². The van der Waals surface area contributed by atoms with Crippen LogP contribution in [-0.2, 0) is 30.0 Å². The van der Waals surface area contributed by atoms with E-state index in [1.807, 2.05) is 0 Å². The Labute approximate surface area is 179 Å². The van der Waals surface area contributed by atoms with Crippen LogP contribution in [0, 0.1) is 0 Å². The van der Waals surface area contributed by atoms with E-state index >= 15 is 0 Å². The molecule has 0 saturated heterocycles. The first-order valence-electron chi connectivity index (χ1n) is 7.34. The van der Waals surface area contributed by atoms with Crippen molar-refractivity contribution in [2.75, 3.05) is 20.8 Å². The van der Waals surface area contributed by atoms with Gasteiger partial charge in [0.15, 0.2) is 0 Å². The molecule has 27 heavy (non-hydrogen) atoms. The number of aryl methyl sites for hydroxylation is 2. The normalized spacial score (nSPS) is 9.07. The van der Waals surface area contributed by atoms with Gasteiger partial charge in [0.2, 0.25) is 0 Å². The van der Waals surface area contributed by atoms with Crippen molar-refractivity contribution >= 4 is 18.0 Å². The predicted molar refractivity (Wildman–Crippen MR) is 91.9 cm³/mol. The van der Waals surface area contributed by atoms with Gasteiger partial charge in [-0.2, -0.15) is 10.2 Å². The van der Waals surface area contributed by atoms with Gasteiger partial charge in [-0.1, -0.05) is 6.58 Å². The molecular formula is C16H23N4NaO6. The Balaban J connectivity index is 0. The van der Waals surface area contributed by atoms with Crippen LogP contribution in [0.15, 0.2) is 18.7 Å². The fraction of sp³-hybridized carbons (Fsp3) is 0.375. The van der Waals surface area contributed by atoms with Gasteiger partial charge in [-0.05, 0) is 18.2 Å². The van der Waals surface area contributed by atoms with Crippen molar-refractivity contribution < 1.29 is 59.2 Å². The summed E-state index contributed by atoms with van der Waals surface area (Å²) < 4.78 is 12.0. The van der Waals surface area contributed by atoms with Crippen LogP contribution >= 0.6 is 0 Å². The Hall–Kier alpha value is -1.98. The van der Waals surface area contributed by atoms with Crippen molar-refractivity contribution in [3.63, 3.8) is 0 Å². The average Bonchev–Trinajstić information content (AvgIpc) is 3.16. The number of aromatic nitrogens is 4. The third-order valence-corrected chi connectivity index (χ3v) is 3.20. The van der Waals surface area contributed by atoms with E-state index in [9.17, 15) is 9.59 Å². The third-order valence-electron chi connectivity index (χ3n) is 3.20. The van der Waals surface area contributed by atoms with Gasteiger partial charge in [0.1, 0.15) is 11.4 Å². The second-order valence-electron chi connectivity index (χ2n) is 4.88. The summed E-state index contributed by atoms with van der Waals surface area (Å²) in [7, 11) is 6.00. The molecular weight excluding hydrogens is 367 g/mol. The number of ether oxygens (including phenoxy) is 2. The van der Waals surface area contributed by atoms with Crippen LogP contribution in [0.5, 0.6) is 0 Å². The van der Waals surface area contributed by atoms with Crippen molar-refractivity contribution in [1.29, 1.82) is 0 Å². The zero-order chi connectivity index (χ0) is 19.0. The molecule has 2 N–H and O–H groups in total. The Morgan fingerprint density at radius 1 is 1.11 bits per heavy atom. The summed E-state index contributed by atoms with van der Waals surface area (Å²) in [5.41, 5.74) is 2.17. The van der Waals surface area contributed by atoms with Crippen molar-refractivity contribution in [3.8, 4) is 0 Å². The van der Waals surface area contributed by atoms with Crippen LogP contribution < -0.4 is 29.6 Å². The maximum Gasteiger partial charge on any atom is 1.00 e. The average molecular weight is 390 g/mol. The van der Waals surface area contributed by atoms with Gasteiger partial charge in [0.25, 0.3) is 0 Å². The second-order valence-corrected chi connectivity index (χ2v) is 4.88. The number of esters is 2. The van der Waals surface area contributed by atoms with Gasteiger partial charge < -0.3 is 20.1 Å². The van der Waals surface area contributed by atoms with Crippen LogP contribution in [0.2, 0.25) is 0 Å². The fourth-order valence-corrected chi connectivity index (χ4v) is 1.94. The number of methoxy groups -OCH3 is 2. The molecule has 0 fully saturated rings. The molecule has 0 aliphatic rings. The third kappa shape index (κ3) is 7.65. The van der Waals surface area contributed by atoms with E-state index in [1.54, 1.807) is 32.3 Å². The van der Waals surface area contributed by atoms with Crippen LogP contribution in [0.4, 0.5) is 0 Å². The molecule has 0 unspecified atom stereocenters. The van der Waals surface area contributed by atoms with E-state index in [0.29, 0.717) is 29.2 Å². The Kier molecular flexibility index (Phi) is 13.3. The zero-order valence-corrected chi connectivity index (χ0v) is 18.2. The van der Waals surface area contributed by atoms with E-state index in [4.69, 9.17) is 5.11 Å². The number of hydrogen-bond donors (Lipinski definition) is 1. The monoisotopic (exact) mass is 390 g/mol. The first-order chi connectivity index (χ1) is 11.9. The Morgan fingerprint density at radius 2 is 1.59 bits per heavy atom. The predicted octanol–water partition coefficient (Wildman–Crippen LogP) is -2.58. The van der Waals surface area contributed by atoms with Crippen molar-refractivity contribution in [1.82, 2.24) is 19.6 Å². The van der Waals surface area contributed by atoms with Crippen molar-refractivity contribution in [2.24, 2.45) is 14.1 Å². The van der Waals surface area contributed by atoms with E-state index in [0.717, 1.165) is 0 Å². The van der Waals surface area contributed by atoms with Gasteiger partial charge >= 0.3 is 41.5 Å². The number of hydrogen-bond acceptors (Lipinski definition) is 8. The molecule has 2 rings (SSSR count). The molecule has 10 nitrogen and oxygen atoms in total. The maximum absolute atomic E-state index is 11.1. The van der Waals surface area contributed by atoms with E-state index < -0.39 is 11.9 Å². The number of rotatable bonds is 5. The summed E-state index contributed by atoms with van der Waals surface area (Å²) in [6.45, 7) is 3.57.